The van der Waals surface area contributed by atoms with Gasteiger partial charge in [0.1, 0.15) is 5.82 Å². The molecule has 2 aromatic heterocycles. The molecule has 1 aliphatic heterocycles. The number of anilines is 1. The average molecular weight is 378 g/mol. The lowest BCUT2D eigenvalue weighted by atomic mass is 10.1. The second kappa shape index (κ2) is 8.39. The van der Waals surface area contributed by atoms with Crippen molar-refractivity contribution >= 4 is 17.4 Å². The van der Waals surface area contributed by atoms with Crippen molar-refractivity contribution in [3.63, 3.8) is 0 Å². The van der Waals surface area contributed by atoms with Crippen LogP contribution in [0.4, 0.5) is 5.82 Å². The molecule has 0 saturated carbocycles. The third-order valence-electron chi connectivity index (χ3n) is 5.08. The van der Waals surface area contributed by atoms with Crippen molar-refractivity contribution in [1.29, 1.82) is 0 Å². The third-order valence-corrected chi connectivity index (χ3v) is 5.08. The van der Waals surface area contributed by atoms with Crippen molar-refractivity contribution in [2.45, 2.75) is 19.8 Å². The Morgan fingerprint density at radius 2 is 1.93 bits per heavy atom. The molecule has 3 heterocycles. The number of fused-ring (bicyclic) bond motifs is 4. The Bertz CT molecular complexity index is 966. The highest BCUT2D eigenvalue weighted by Crippen LogP contribution is 2.25. The number of benzene rings is 1. The first-order valence-corrected chi connectivity index (χ1v) is 9.94. The van der Waals surface area contributed by atoms with Crippen LogP contribution in [0.25, 0.3) is 16.8 Å². The molecule has 146 valence electrons. The molecule has 7 heteroatoms. The van der Waals surface area contributed by atoms with Gasteiger partial charge in [-0.3, -0.25) is 9.69 Å². The van der Waals surface area contributed by atoms with Gasteiger partial charge in [0, 0.05) is 43.5 Å². The molecule has 0 atom stereocenters. The number of nitrogens with one attached hydrogen (secondary N) is 2. The summed E-state index contributed by atoms with van der Waals surface area (Å²) in [5.74, 6) is 0.792. The minimum atomic E-state index is -0.0459. The van der Waals surface area contributed by atoms with Gasteiger partial charge in [0.2, 0.25) is 0 Å². The Balaban J connectivity index is 1.69. The molecule has 0 radical (unpaired) electrons. The monoisotopic (exact) mass is 378 g/mol. The molecule has 7 nitrogen and oxygen atoms in total. The lowest BCUT2D eigenvalue weighted by Crippen LogP contribution is -2.37. The van der Waals surface area contributed by atoms with Crippen molar-refractivity contribution in [1.82, 2.24) is 24.8 Å². The number of rotatable bonds is 3. The van der Waals surface area contributed by atoms with Crippen LogP contribution >= 0.6 is 0 Å². The van der Waals surface area contributed by atoms with Crippen molar-refractivity contribution in [3.05, 3.63) is 48.3 Å². The van der Waals surface area contributed by atoms with Gasteiger partial charge in [-0.25, -0.2) is 9.50 Å². The molecule has 3 aromatic rings. The largest absolute Gasteiger partial charge is 0.369 e. The minimum absolute atomic E-state index is 0.0459. The van der Waals surface area contributed by atoms with Crippen molar-refractivity contribution in [2.75, 3.05) is 38.0 Å². The van der Waals surface area contributed by atoms with Gasteiger partial charge in [0.15, 0.2) is 5.65 Å². The first kappa shape index (κ1) is 18.4. The van der Waals surface area contributed by atoms with Crippen LogP contribution in [0.15, 0.2) is 42.7 Å². The zero-order chi connectivity index (χ0) is 19.3. The van der Waals surface area contributed by atoms with E-state index >= 15 is 0 Å². The number of unbranched alkanes of at least 4 members (excludes halogenated alkanes) is 1. The Kier molecular flexibility index (Phi) is 5.53. The summed E-state index contributed by atoms with van der Waals surface area (Å²) in [5, 5.41) is 10.9. The molecule has 1 aromatic carbocycles. The molecule has 2 N–H and O–H groups in total. The maximum absolute atomic E-state index is 12.6. The van der Waals surface area contributed by atoms with Crippen LogP contribution in [-0.2, 0) is 0 Å². The van der Waals surface area contributed by atoms with Crippen LogP contribution in [0.2, 0.25) is 0 Å². The summed E-state index contributed by atoms with van der Waals surface area (Å²) >= 11 is 0. The van der Waals surface area contributed by atoms with E-state index in [0.717, 1.165) is 61.6 Å². The predicted molar refractivity (Wildman–Crippen MR) is 111 cm³/mol. The van der Waals surface area contributed by atoms with Gasteiger partial charge < -0.3 is 10.6 Å². The Hall–Kier alpha value is -2.93. The second-order valence-corrected chi connectivity index (χ2v) is 7.10. The van der Waals surface area contributed by atoms with E-state index in [1.54, 1.807) is 10.7 Å². The molecule has 0 spiro atoms. The molecular weight excluding hydrogens is 352 g/mol. The van der Waals surface area contributed by atoms with Crippen LogP contribution in [0.3, 0.4) is 0 Å². The molecule has 28 heavy (non-hydrogen) atoms. The van der Waals surface area contributed by atoms with Gasteiger partial charge in [-0.15, -0.1) is 0 Å². The fraction of sp³-hybridized carbons (Fsp3) is 0.381. The van der Waals surface area contributed by atoms with Gasteiger partial charge in [-0.1, -0.05) is 25.5 Å². The zero-order valence-corrected chi connectivity index (χ0v) is 16.2. The van der Waals surface area contributed by atoms with Crippen LogP contribution in [0.5, 0.6) is 0 Å². The fourth-order valence-electron chi connectivity index (χ4n) is 3.49. The van der Waals surface area contributed by atoms with E-state index in [2.05, 4.69) is 27.6 Å². The number of carbonyl (C=O) groups is 1. The number of hydrogen-bond acceptors (Lipinski definition) is 5. The van der Waals surface area contributed by atoms with Crippen LogP contribution in [-0.4, -0.2) is 58.1 Å². The molecule has 0 saturated heterocycles. The van der Waals surface area contributed by atoms with Gasteiger partial charge in [0.25, 0.3) is 5.91 Å². The van der Waals surface area contributed by atoms with E-state index < -0.39 is 0 Å². The molecule has 0 fully saturated rings. The van der Waals surface area contributed by atoms with E-state index in [0.29, 0.717) is 12.1 Å². The Morgan fingerprint density at radius 1 is 1.11 bits per heavy atom. The van der Waals surface area contributed by atoms with E-state index in [1.807, 2.05) is 36.5 Å². The van der Waals surface area contributed by atoms with Crippen LogP contribution in [0, 0.1) is 0 Å². The van der Waals surface area contributed by atoms with E-state index in [1.165, 1.54) is 0 Å². The Labute approximate surface area is 164 Å². The number of amides is 1. The second-order valence-electron chi connectivity index (χ2n) is 7.10. The minimum Gasteiger partial charge on any atom is -0.369 e. The smallest absolute Gasteiger partial charge is 0.251 e. The summed E-state index contributed by atoms with van der Waals surface area (Å²) in [7, 11) is 0. The van der Waals surface area contributed by atoms with Crippen molar-refractivity contribution < 1.29 is 4.79 Å². The lowest BCUT2D eigenvalue weighted by Gasteiger charge is -2.22. The van der Waals surface area contributed by atoms with Crippen molar-refractivity contribution in [3.8, 4) is 11.1 Å². The van der Waals surface area contributed by atoms with E-state index in [9.17, 15) is 4.79 Å². The van der Waals surface area contributed by atoms with E-state index in [-0.39, 0.29) is 5.91 Å². The molecule has 1 aliphatic rings. The molecular formula is C21H26N6O. The number of hydrogen-bond donors (Lipinski definition) is 2. The van der Waals surface area contributed by atoms with Gasteiger partial charge in [-0.2, -0.15) is 5.10 Å². The van der Waals surface area contributed by atoms with Gasteiger partial charge >= 0.3 is 0 Å². The molecule has 0 aliphatic carbocycles. The normalized spacial score (nSPS) is 15.7. The standard InChI is InChI=1S/C21H26N6O/c1-2-3-10-26-12-8-22-19-7-11-27-20(25-19)18(15-24-27)16-5-4-6-17(14-16)21(28)23-9-13-26/h4-7,11,14-15H,2-3,8-10,12-13H2,1H3,(H,22,25)(H,23,28). The first-order chi connectivity index (χ1) is 13.7. The van der Waals surface area contributed by atoms with Gasteiger partial charge in [-0.05, 0) is 36.7 Å². The summed E-state index contributed by atoms with van der Waals surface area (Å²) in [6, 6.07) is 9.59. The highest BCUT2D eigenvalue weighted by molar-refractivity contribution is 5.96. The predicted octanol–water partition coefficient (Wildman–Crippen LogP) is 2.65. The molecule has 0 unspecified atom stereocenters. The van der Waals surface area contributed by atoms with Crippen LogP contribution in [0.1, 0.15) is 30.1 Å². The SMILES string of the molecule is CCCCN1CCNC(=O)c2cccc(c2)-c2cnn3ccc(nc23)NCC1. The van der Waals surface area contributed by atoms with E-state index in [4.69, 9.17) is 4.98 Å². The third kappa shape index (κ3) is 3.99. The maximum atomic E-state index is 12.6. The summed E-state index contributed by atoms with van der Waals surface area (Å²) in [6.45, 7) is 6.41. The number of carbonyl (C=O) groups excluding carboxylic acids is 1. The van der Waals surface area contributed by atoms with Crippen LogP contribution < -0.4 is 10.6 Å². The highest BCUT2D eigenvalue weighted by Gasteiger charge is 2.13. The lowest BCUT2D eigenvalue weighted by molar-refractivity contribution is 0.0948. The highest BCUT2D eigenvalue weighted by atomic mass is 16.1. The fourth-order valence-corrected chi connectivity index (χ4v) is 3.49. The number of aromatic nitrogens is 3. The summed E-state index contributed by atoms with van der Waals surface area (Å²) in [6.07, 6.45) is 6.02. The summed E-state index contributed by atoms with van der Waals surface area (Å²) in [4.78, 5) is 19.8. The quantitative estimate of drug-likeness (QED) is 0.733. The average Bonchev–Trinajstić information content (AvgIpc) is 3.14. The van der Waals surface area contributed by atoms with Crippen molar-refractivity contribution in [2.24, 2.45) is 0 Å². The van der Waals surface area contributed by atoms with Gasteiger partial charge in [0.05, 0.1) is 6.20 Å². The molecule has 4 rings (SSSR count). The topological polar surface area (TPSA) is 74.6 Å². The zero-order valence-electron chi connectivity index (χ0n) is 16.2. The summed E-state index contributed by atoms with van der Waals surface area (Å²) < 4.78 is 1.76. The molecule has 4 bridgehead atoms. The number of nitrogens with zero attached hydrogens (tertiary/aromatic N) is 4. The first-order valence-electron chi connectivity index (χ1n) is 9.94. The molecule has 1 amide bonds. The summed E-state index contributed by atoms with van der Waals surface area (Å²) in [5.41, 5.74) is 3.28. The Morgan fingerprint density at radius 3 is 2.79 bits per heavy atom. The maximum Gasteiger partial charge on any atom is 0.251 e.